The van der Waals surface area contributed by atoms with Gasteiger partial charge in [-0.05, 0) is 37.9 Å². The summed E-state index contributed by atoms with van der Waals surface area (Å²) < 4.78 is 0. The second-order valence-electron chi connectivity index (χ2n) is 7.42. The third-order valence-corrected chi connectivity index (χ3v) is 5.31. The number of likely N-dealkylation sites (N-methyl/N-ethyl adjacent to an activating group) is 1. The summed E-state index contributed by atoms with van der Waals surface area (Å²) in [6.45, 7) is 1.43. The summed E-state index contributed by atoms with van der Waals surface area (Å²) in [5, 5.41) is 5.74. The van der Waals surface area contributed by atoms with Gasteiger partial charge in [0.25, 0.3) is 11.8 Å². The van der Waals surface area contributed by atoms with E-state index in [1.165, 1.54) is 13.5 Å². The van der Waals surface area contributed by atoms with Gasteiger partial charge in [0.1, 0.15) is 12.3 Å². The van der Waals surface area contributed by atoms with Crippen molar-refractivity contribution in [3.8, 4) is 0 Å². The number of anilines is 1. The van der Waals surface area contributed by atoms with Crippen molar-refractivity contribution in [3.05, 3.63) is 29.3 Å². The van der Waals surface area contributed by atoms with E-state index in [9.17, 15) is 19.2 Å². The number of imide groups is 1. The van der Waals surface area contributed by atoms with Crippen molar-refractivity contribution in [2.75, 3.05) is 25.5 Å². The molecule has 0 bridgehead atoms. The Morgan fingerprint density at radius 2 is 1.80 bits per heavy atom. The molecule has 30 heavy (non-hydrogen) atoms. The lowest BCUT2D eigenvalue weighted by Gasteiger charge is -2.24. The molecule has 0 fully saturated rings. The Morgan fingerprint density at radius 1 is 1.10 bits per heavy atom. The highest BCUT2D eigenvalue weighted by atomic mass is 16.2. The standard InChI is InChI=1S/C22H32N4O4/c1-24-20(28)18(12-9-15-27)26-21(29)16-10-8-11-17(19(16)22(26)30)25-14-7-5-3-2-4-6-13-23/h8,10-11,15,18,25H,2-7,9,12-14,23H2,1H3,(H,24,28). The van der Waals surface area contributed by atoms with Crippen molar-refractivity contribution in [1.82, 2.24) is 10.2 Å². The molecule has 1 unspecified atom stereocenters. The molecule has 0 aromatic heterocycles. The quantitative estimate of drug-likeness (QED) is 0.243. The Bertz CT molecular complexity index is 766. The largest absolute Gasteiger partial charge is 0.384 e. The normalized spacial score (nSPS) is 13.9. The highest BCUT2D eigenvalue weighted by molar-refractivity contribution is 6.25. The number of hydrogen-bond acceptors (Lipinski definition) is 6. The summed E-state index contributed by atoms with van der Waals surface area (Å²) >= 11 is 0. The van der Waals surface area contributed by atoms with Crippen LogP contribution in [0.4, 0.5) is 5.69 Å². The summed E-state index contributed by atoms with van der Waals surface area (Å²) in [7, 11) is 1.44. The van der Waals surface area contributed by atoms with E-state index in [1.54, 1.807) is 18.2 Å². The molecule has 8 nitrogen and oxygen atoms in total. The van der Waals surface area contributed by atoms with Crippen molar-refractivity contribution in [2.45, 2.75) is 57.4 Å². The van der Waals surface area contributed by atoms with E-state index in [4.69, 9.17) is 5.73 Å². The van der Waals surface area contributed by atoms with Gasteiger partial charge in [0.2, 0.25) is 5.91 Å². The molecule has 1 aliphatic heterocycles. The van der Waals surface area contributed by atoms with Crippen molar-refractivity contribution >= 4 is 29.7 Å². The molecule has 1 heterocycles. The monoisotopic (exact) mass is 416 g/mol. The first kappa shape index (κ1) is 23.5. The van der Waals surface area contributed by atoms with Gasteiger partial charge in [0.15, 0.2) is 0 Å². The number of hydrogen-bond donors (Lipinski definition) is 3. The molecule has 3 amide bonds. The van der Waals surface area contributed by atoms with E-state index in [2.05, 4.69) is 10.6 Å². The van der Waals surface area contributed by atoms with Crippen LogP contribution in [0.5, 0.6) is 0 Å². The van der Waals surface area contributed by atoms with Crippen LogP contribution in [-0.4, -0.2) is 55.1 Å². The van der Waals surface area contributed by atoms with Crippen molar-refractivity contribution in [1.29, 1.82) is 0 Å². The lowest BCUT2D eigenvalue weighted by molar-refractivity contribution is -0.124. The summed E-state index contributed by atoms with van der Waals surface area (Å²) in [5.74, 6) is -1.46. The lowest BCUT2D eigenvalue weighted by Crippen LogP contribution is -2.48. The number of nitrogens with one attached hydrogen (secondary N) is 2. The summed E-state index contributed by atoms with van der Waals surface area (Å²) in [6.07, 6.45) is 7.42. The third kappa shape index (κ3) is 5.66. The minimum atomic E-state index is -1.01. The van der Waals surface area contributed by atoms with Crippen LogP contribution in [0.1, 0.15) is 72.1 Å². The number of carbonyl (C=O) groups excluding carboxylic acids is 4. The van der Waals surface area contributed by atoms with Crippen LogP contribution in [0.2, 0.25) is 0 Å². The molecule has 2 rings (SSSR count). The van der Waals surface area contributed by atoms with E-state index in [0.717, 1.165) is 43.5 Å². The van der Waals surface area contributed by atoms with E-state index in [-0.39, 0.29) is 18.4 Å². The first-order valence-corrected chi connectivity index (χ1v) is 10.7. The lowest BCUT2D eigenvalue weighted by atomic mass is 10.1. The van der Waals surface area contributed by atoms with E-state index < -0.39 is 23.8 Å². The van der Waals surface area contributed by atoms with E-state index >= 15 is 0 Å². The minimum absolute atomic E-state index is 0.0852. The Hall–Kier alpha value is -2.74. The van der Waals surface area contributed by atoms with Gasteiger partial charge in [-0.1, -0.05) is 31.7 Å². The van der Waals surface area contributed by atoms with Crippen LogP contribution in [0, 0.1) is 0 Å². The molecule has 0 radical (unpaired) electrons. The molecule has 0 saturated carbocycles. The summed E-state index contributed by atoms with van der Waals surface area (Å²) in [5.41, 5.74) is 6.68. The molecule has 1 aromatic rings. The fourth-order valence-electron chi connectivity index (χ4n) is 3.70. The molecule has 1 aliphatic rings. The zero-order chi connectivity index (χ0) is 21.9. The first-order chi connectivity index (χ1) is 14.6. The molecule has 1 atom stereocenters. The van der Waals surface area contributed by atoms with Crippen LogP contribution in [0.3, 0.4) is 0 Å². The number of benzene rings is 1. The molecule has 8 heteroatoms. The molecule has 1 aromatic carbocycles. The van der Waals surface area contributed by atoms with Gasteiger partial charge in [-0.2, -0.15) is 0 Å². The van der Waals surface area contributed by atoms with Crippen LogP contribution >= 0.6 is 0 Å². The van der Waals surface area contributed by atoms with Crippen LogP contribution in [-0.2, 0) is 9.59 Å². The van der Waals surface area contributed by atoms with Crippen LogP contribution in [0.25, 0.3) is 0 Å². The summed E-state index contributed by atoms with van der Waals surface area (Å²) in [4.78, 5) is 50.0. The Labute approximate surface area is 177 Å². The van der Waals surface area contributed by atoms with Gasteiger partial charge < -0.3 is 21.2 Å². The van der Waals surface area contributed by atoms with Crippen molar-refractivity contribution in [3.63, 3.8) is 0 Å². The number of unbranched alkanes of at least 4 members (excludes halogenated alkanes) is 5. The molecule has 0 saturated heterocycles. The van der Waals surface area contributed by atoms with Gasteiger partial charge in [0, 0.05) is 25.7 Å². The van der Waals surface area contributed by atoms with Crippen LogP contribution in [0.15, 0.2) is 18.2 Å². The zero-order valence-electron chi connectivity index (χ0n) is 17.6. The number of aldehydes is 1. The third-order valence-electron chi connectivity index (χ3n) is 5.31. The molecular formula is C22H32N4O4. The second kappa shape index (κ2) is 12.1. The van der Waals surface area contributed by atoms with Crippen LogP contribution < -0.4 is 16.4 Å². The fourth-order valence-corrected chi connectivity index (χ4v) is 3.70. The SMILES string of the molecule is CNC(=O)C(CCC=O)N1C(=O)c2cccc(NCCCCCCCCN)c2C1=O. The molecule has 164 valence electrons. The highest BCUT2D eigenvalue weighted by Crippen LogP contribution is 2.31. The summed E-state index contributed by atoms with van der Waals surface area (Å²) in [6, 6.07) is 4.09. The number of amides is 3. The van der Waals surface area contributed by atoms with Gasteiger partial charge in [-0.3, -0.25) is 19.3 Å². The number of nitrogens with zero attached hydrogens (tertiary/aromatic N) is 1. The topological polar surface area (TPSA) is 122 Å². The highest BCUT2D eigenvalue weighted by Gasteiger charge is 2.43. The molecule has 0 spiro atoms. The maximum atomic E-state index is 13.1. The maximum Gasteiger partial charge on any atom is 0.264 e. The number of fused-ring (bicyclic) bond motifs is 1. The van der Waals surface area contributed by atoms with E-state index in [0.29, 0.717) is 24.1 Å². The number of carbonyl (C=O) groups is 4. The van der Waals surface area contributed by atoms with Gasteiger partial charge in [0.05, 0.1) is 11.1 Å². The Kier molecular flexibility index (Phi) is 9.47. The molecular weight excluding hydrogens is 384 g/mol. The van der Waals surface area contributed by atoms with Gasteiger partial charge in [-0.15, -0.1) is 0 Å². The Morgan fingerprint density at radius 3 is 2.47 bits per heavy atom. The second-order valence-corrected chi connectivity index (χ2v) is 7.42. The van der Waals surface area contributed by atoms with E-state index in [1.807, 2.05) is 0 Å². The Balaban J connectivity index is 2.05. The smallest absolute Gasteiger partial charge is 0.264 e. The number of nitrogens with two attached hydrogens (primary N) is 1. The number of rotatable bonds is 14. The first-order valence-electron chi connectivity index (χ1n) is 10.7. The zero-order valence-corrected chi connectivity index (χ0v) is 17.6. The molecule has 0 aliphatic carbocycles. The van der Waals surface area contributed by atoms with Crippen molar-refractivity contribution in [2.24, 2.45) is 5.73 Å². The van der Waals surface area contributed by atoms with Gasteiger partial charge >= 0.3 is 0 Å². The molecule has 4 N–H and O–H groups in total. The van der Waals surface area contributed by atoms with Gasteiger partial charge in [-0.25, -0.2) is 0 Å². The maximum absolute atomic E-state index is 13.1. The van der Waals surface area contributed by atoms with Crippen molar-refractivity contribution < 1.29 is 19.2 Å². The minimum Gasteiger partial charge on any atom is -0.384 e. The average Bonchev–Trinajstić information content (AvgIpc) is 3.01. The predicted molar refractivity (Wildman–Crippen MR) is 115 cm³/mol. The fraction of sp³-hybridized carbons (Fsp3) is 0.545. The predicted octanol–water partition coefficient (Wildman–Crippen LogP) is 2.09. The average molecular weight is 417 g/mol.